The lowest BCUT2D eigenvalue weighted by molar-refractivity contribution is -0.131. The lowest BCUT2D eigenvalue weighted by Gasteiger charge is -2.27. The van der Waals surface area contributed by atoms with Crippen molar-refractivity contribution in [3.05, 3.63) is 20.8 Å². The lowest BCUT2D eigenvalue weighted by Crippen LogP contribution is -2.44. The van der Waals surface area contributed by atoms with Crippen molar-refractivity contribution in [3.8, 4) is 0 Å². The third kappa shape index (κ3) is 3.94. The van der Waals surface area contributed by atoms with Gasteiger partial charge in [-0.05, 0) is 28.4 Å². The van der Waals surface area contributed by atoms with Gasteiger partial charge in [-0.15, -0.1) is 11.3 Å². The van der Waals surface area contributed by atoms with Crippen molar-refractivity contribution >= 4 is 39.3 Å². The number of thiophene rings is 1. The minimum absolute atomic E-state index is 0.0802. The smallest absolute Gasteiger partial charge is 0.410 e. The molecule has 104 valence electrons. The summed E-state index contributed by atoms with van der Waals surface area (Å²) in [7, 11) is 1.74. The molecule has 2 heterocycles. The largest absolute Gasteiger partial charge is 0.449 e. The lowest BCUT2D eigenvalue weighted by atomic mass is 10.3. The molecular weight excluding hydrogens is 332 g/mol. The number of carbonyl (C=O) groups excluding carboxylic acids is 2. The first-order valence-electron chi connectivity index (χ1n) is 5.95. The van der Waals surface area contributed by atoms with Gasteiger partial charge in [-0.25, -0.2) is 4.79 Å². The zero-order valence-corrected chi connectivity index (χ0v) is 13.0. The summed E-state index contributed by atoms with van der Waals surface area (Å²) in [4.78, 5) is 27.7. The van der Waals surface area contributed by atoms with Crippen LogP contribution in [-0.2, 0) is 16.1 Å². The van der Waals surface area contributed by atoms with Crippen molar-refractivity contribution in [2.75, 3.05) is 26.7 Å². The maximum absolute atomic E-state index is 12.0. The molecule has 1 aromatic rings. The molecule has 0 saturated carbocycles. The van der Waals surface area contributed by atoms with Crippen molar-refractivity contribution in [1.82, 2.24) is 9.80 Å². The van der Waals surface area contributed by atoms with Crippen LogP contribution in [0.5, 0.6) is 0 Å². The Morgan fingerprint density at radius 2 is 2.42 bits per heavy atom. The number of rotatable bonds is 4. The highest BCUT2D eigenvalue weighted by molar-refractivity contribution is 9.10. The van der Waals surface area contributed by atoms with Crippen LogP contribution in [0.2, 0.25) is 0 Å². The minimum Gasteiger partial charge on any atom is -0.449 e. The molecule has 2 amide bonds. The molecule has 7 heteroatoms. The summed E-state index contributed by atoms with van der Waals surface area (Å²) in [5, 5.41) is 1.98. The Bertz CT molecular complexity index is 477. The molecule has 1 saturated heterocycles. The van der Waals surface area contributed by atoms with Gasteiger partial charge >= 0.3 is 6.09 Å². The molecule has 2 rings (SSSR count). The summed E-state index contributed by atoms with van der Waals surface area (Å²) in [6.45, 7) is 1.67. The maximum Gasteiger partial charge on any atom is 0.410 e. The van der Waals surface area contributed by atoms with Crippen molar-refractivity contribution in [3.63, 3.8) is 0 Å². The van der Waals surface area contributed by atoms with Crippen LogP contribution < -0.4 is 0 Å². The number of hydrogen-bond donors (Lipinski definition) is 0. The first-order valence-corrected chi connectivity index (χ1v) is 7.62. The Labute approximate surface area is 124 Å². The fourth-order valence-corrected chi connectivity index (χ4v) is 3.29. The number of carbonyl (C=O) groups is 2. The van der Waals surface area contributed by atoms with Crippen LogP contribution in [0, 0.1) is 0 Å². The van der Waals surface area contributed by atoms with E-state index in [-0.39, 0.29) is 12.5 Å². The van der Waals surface area contributed by atoms with Gasteiger partial charge in [0.2, 0.25) is 5.91 Å². The Morgan fingerprint density at radius 3 is 3.05 bits per heavy atom. The normalized spacial score (nSPS) is 15.3. The van der Waals surface area contributed by atoms with Gasteiger partial charge in [0.25, 0.3) is 0 Å². The van der Waals surface area contributed by atoms with Gasteiger partial charge in [-0.2, -0.15) is 0 Å². The average molecular weight is 347 g/mol. The Balaban J connectivity index is 1.86. The topological polar surface area (TPSA) is 49.9 Å². The molecule has 1 aliphatic rings. The molecule has 0 spiro atoms. The second kappa shape index (κ2) is 6.38. The van der Waals surface area contributed by atoms with Crippen molar-refractivity contribution in [1.29, 1.82) is 0 Å². The summed E-state index contributed by atoms with van der Waals surface area (Å²) in [5.74, 6) is -0.0802. The first-order chi connectivity index (χ1) is 9.06. The van der Waals surface area contributed by atoms with E-state index < -0.39 is 6.09 Å². The standard InChI is InChI=1S/C12H15BrN2O3S/c1-14(6-10-5-9(13)8-19-10)11(16)7-15-3-2-4-18-12(15)17/h5,8H,2-4,6-7H2,1H3. The molecule has 1 aliphatic heterocycles. The van der Waals surface area contributed by atoms with Crippen LogP contribution in [-0.4, -0.2) is 48.5 Å². The Kier molecular flexibility index (Phi) is 4.81. The van der Waals surface area contributed by atoms with Gasteiger partial charge < -0.3 is 9.64 Å². The number of amides is 2. The maximum atomic E-state index is 12.0. The summed E-state index contributed by atoms with van der Waals surface area (Å²) in [6.07, 6.45) is 0.382. The molecule has 0 unspecified atom stereocenters. The Morgan fingerprint density at radius 1 is 1.63 bits per heavy atom. The van der Waals surface area contributed by atoms with Crippen molar-refractivity contribution in [2.24, 2.45) is 0 Å². The number of ether oxygens (including phenoxy) is 1. The quantitative estimate of drug-likeness (QED) is 0.840. The fourth-order valence-electron chi connectivity index (χ4n) is 1.78. The summed E-state index contributed by atoms with van der Waals surface area (Å²) < 4.78 is 5.93. The number of halogens is 1. The SMILES string of the molecule is CN(Cc1cc(Br)cs1)C(=O)CN1CCCOC1=O. The third-order valence-corrected chi connectivity index (χ3v) is 4.51. The van der Waals surface area contributed by atoms with Crippen molar-refractivity contribution in [2.45, 2.75) is 13.0 Å². The third-order valence-electron chi connectivity index (χ3n) is 2.82. The van der Waals surface area contributed by atoms with Gasteiger partial charge in [0, 0.05) is 28.3 Å². The van der Waals surface area contributed by atoms with Gasteiger partial charge in [-0.3, -0.25) is 9.69 Å². The molecular formula is C12H15BrN2O3S. The fraction of sp³-hybridized carbons (Fsp3) is 0.500. The predicted molar refractivity (Wildman–Crippen MR) is 76.0 cm³/mol. The highest BCUT2D eigenvalue weighted by atomic mass is 79.9. The van der Waals surface area contributed by atoms with E-state index in [9.17, 15) is 9.59 Å². The van der Waals surface area contributed by atoms with E-state index in [1.54, 1.807) is 23.3 Å². The molecule has 0 bridgehead atoms. The summed E-state index contributed by atoms with van der Waals surface area (Å²) in [5.41, 5.74) is 0. The zero-order chi connectivity index (χ0) is 13.8. The van der Waals surface area contributed by atoms with Crippen LogP contribution in [0.3, 0.4) is 0 Å². The van der Waals surface area contributed by atoms with Gasteiger partial charge in [0.15, 0.2) is 0 Å². The predicted octanol–water partition coefficient (Wildman–Crippen LogP) is 2.31. The highest BCUT2D eigenvalue weighted by Crippen LogP contribution is 2.20. The van der Waals surface area contributed by atoms with E-state index in [0.29, 0.717) is 19.7 Å². The van der Waals surface area contributed by atoms with Crippen LogP contribution in [0.1, 0.15) is 11.3 Å². The van der Waals surface area contributed by atoms with Crippen LogP contribution >= 0.6 is 27.3 Å². The van der Waals surface area contributed by atoms with Crippen molar-refractivity contribution < 1.29 is 14.3 Å². The molecule has 19 heavy (non-hydrogen) atoms. The molecule has 0 aliphatic carbocycles. The number of likely N-dealkylation sites (N-methyl/N-ethyl adjacent to an activating group) is 1. The zero-order valence-electron chi connectivity index (χ0n) is 10.6. The van der Waals surface area contributed by atoms with E-state index in [1.165, 1.54) is 4.90 Å². The minimum atomic E-state index is -0.396. The number of hydrogen-bond acceptors (Lipinski definition) is 4. The average Bonchev–Trinajstić information content (AvgIpc) is 2.77. The highest BCUT2D eigenvalue weighted by Gasteiger charge is 2.23. The molecule has 0 atom stereocenters. The van der Waals surface area contributed by atoms with E-state index in [0.717, 1.165) is 15.8 Å². The Hall–Kier alpha value is -1.08. The summed E-state index contributed by atoms with van der Waals surface area (Å²) in [6, 6.07) is 1.99. The van der Waals surface area contributed by atoms with E-state index in [2.05, 4.69) is 15.9 Å². The van der Waals surface area contributed by atoms with E-state index in [1.807, 2.05) is 11.4 Å². The molecule has 1 fully saturated rings. The second-order valence-electron chi connectivity index (χ2n) is 4.37. The van der Waals surface area contributed by atoms with Gasteiger partial charge in [0.05, 0.1) is 13.2 Å². The van der Waals surface area contributed by atoms with Gasteiger partial charge in [-0.1, -0.05) is 0 Å². The second-order valence-corrected chi connectivity index (χ2v) is 6.28. The molecule has 0 N–H and O–H groups in total. The summed E-state index contributed by atoms with van der Waals surface area (Å²) >= 11 is 4.98. The molecule has 5 nitrogen and oxygen atoms in total. The van der Waals surface area contributed by atoms with Gasteiger partial charge in [0.1, 0.15) is 6.54 Å². The molecule has 1 aromatic heterocycles. The van der Waals surface area contributed by atoms with Crippen LogP contribution in [0.15, 0.2) is 15.9 Å². The molecule has 0 radical (unpaired) electrons. The van der Waals surface area contributed by atoms with Crippen LogP contribution in [0.25, 0.3) is 0 Å². The monoisotopic (exact) mass is 346 g/mol. The number of cyclic esters (lactones) is 1. The van der Waals surface area contributed by atoms with Crippen LogP contribution in [0.4, 0.5) is 4.79 Å². The van der Waals surface area contributed by atoms with E-state index >= 15 is 0 Å². The first kappa shape index (κ1) is 14.3. The molecule has 0 aromatic carbocycles. The number of nitrogens with zero attached hydrogens (tertiary/aromatic N) is 2. The van der Waals surface area contributed by atoms with E-state index in [4.69, 9.17) is 4.74 Å².